The summed E-state index contributed by atoms with van der Waals surface area (Å²) in [6.07, 6.45) is 0. The van der Waals surface area contributed by atoms with Gasteiger partial charge >= 0.3 is 0 Å². The number of anilines is 2. The van der Waals surface area contributed by atoms with Gasteiger partial charge in [-0.25, -0.2) is 4.98 Å². The Bertz CT molecular complexity index is 1140. The number of hydrogen-bond acceptors (Lipinski definition) is 4. The maximum atomic E-state index is 12.8. The second-order valence-corrected chi connectivity index (χ2v) is 7.80. The van der Waals surface area contributed by atoms with Gasteiger partial charge in [0, 0.05) is 11.4 Å². The van der Waals surface area contributed by atoms with Gasteiger partial charge in [0.05, 0.1) is 11.6 Å². The third kappa shape index (κ3) is 4.89. The zero-order valence-corrected chi connectivity index (χ0v) is 17.1. The Hall–Kier alpha value is -3.98. The fourth-order valence-corrected chi connectivity index (χ4v) is 2.98. The van der Waals surface area contributed by atoms with Crippen molar-refractivity contribution in [2.45, 2.75) is 26.2 Å². The van der Waals surface area contributed by atoms with Crippen LogP contribution in [-0.2, 0) is 5.41 Å². The largest absolute Gasteiger partial charge is 0.321 e. The standard InChI is InChI=1S/C24H22N4O2/c1-24(2,3)18-10-4-5-11-19(18)28-23(30)21-13-7-12-20(27-21)22(29)26-17-9-6-8-16(14-17)15-25/h4-14H,1-3H3,(H,26,29)(H,28,30). The van der Waals surface area contributed by atoms with E-state index in [1.807, 2.05) is 30.3 Å². The number of rotatable bonds is 4. The normalized spacial score (nSPS) is 10.7. The first-order chi connectivity index (χ1) is 14.3. The highest BCUT2D eigenvalue weighted by atomic mass is 16.2. The summed E-state index contributed by atoms with van der Waals surface area (Å²) in [6, 6.07) is 20.9. The molecular weight excluding hydrogens is 376 g/mol. The van der Waals surface area contributed by atoms with Gasteiger partial charge in [0.1, 0.15) is 11.4 Å². The quantitative estimate of drug-likeness (QED) is 0.663. The molecule has 0 aliphatic rings. The predicted molar refractivity (Wildman–Crippen MR) is 116 cm³/mol. The molecule has 30 heavy (non-hydrogen) atoms. The first-order valence-electron chi connectivity index (χ1n) is 9.47. The molecule has 0 unspecified atom stereocenters. The van der Waals surface area contributed by atoms with Crippen LogP contribution in [-0.4, -0.2) is 16.8 Å². The van der Waals surface area contributed by atoms with Crippen molar-refractivity contribution in [3.63, 3.8) is 0 Å². The number of nitriles is 1. The molecule has 0 aliphatic heterocycles. The van der Waals surface area contributed by atoms with Crippen LogP contribution in [0.5, 0.6) is 0 Å². The van der Waals surface area contributed by atoms with Crippen molar-refractivity contribution in [3.8, 4) is 6.07 Å². The highest BCUT2D eigenvalue weighted by Gasteiger charge is 2.20. The van der Waals surface area contributed by atoms with Crippen LogP contribution >= 0.6 is 0 Å². The van der Waals surface area contributed by atoms with Crippen molar-refractivity contribution in [2.24, 2.45) is 0 Å². The highest BCUT2D eigenvalue weighted by Crippen LogP contribution is 2.29. The lowest BCUT2D eigenvalue weighted by Gasteiger charge is -2.22. The van der Waals surface area contributed by atoms with Gasteiger partial charge in [0.15, 0.2) is 0 Å². The van der Waals surface area contributed by atoms with E-state index < -0.39 is 11.8 Å². The van der Waals surface area contributed by atoms with E-state index in [1.165, 1.54) is 6.07 Å². The van der Waals surface area contributed by atoms with E-state index in [1.54, 1.807) is 36.4 Å². The molecule has 0 saturated heterocycles. The summed E-state index contributed by atoms with van der Waals surface area (Å²) < 4.78 is 0. The minimum absolute atomic E-state index is 0.106. The molecule has 0 saturated carbocycles. The van der Waals surface area contributed by atoms with E-state index in [9.17, 15) is 9.59 Å². The lowest BCUT2D eigenvalue weighted by molar-refractivity contribution is 0.101. The topological polar surface area (TPSA) is 94.9 Å². The van der Waals surface area contributed by atoms with Crippen molar-refractivity contribution >= 4 is 23.2 Å². The monoisotopic (exact) mass is 398 g/mol. The zero-order chi connectivity index (χ0) is 21.7. The third-order valence-electron chi connectivity index (χ3n) is 4.45. The lowest BCUT2D eigenvalue weighted by Crippen LogP contribution is -2.21. The fourth-order valence-electron chi connectivity index (χ4n) is 2.98. The molecule has 150 valence electrons. The summed E-state index contributed by atoms with van der Waals surface area (Å²) in [5.41, 5.74) is 2.73. The van der Waals surface area contributed by atoms with Gasteiger partial charge in [-0.15, -0.1) is 0 Å². The minimum Gasteiger partial charge on any atom is -0.321 e. The van der Waals surface area contributed by atoms with Crippen molar-refractivity contribution in [3.05, 3.63) is 89.2 Å². The number of aromatic nitrogens is 1. The van der Waals surface area contributed by atoms with Crippen LogP contribution in [0.1, 0.15) is 52.9 Å². The van der Waals surface area contributed by atoms with Gasteiger partial charge < -0.3 is 10.6 Å². The average molecular weight is 398 g/mol. The van der Waals surface area contributed by atoms with Gasteiger partial charge in [-0.2, -0.15) is 5.26 Å². The summed E-state index contributed by atoms with van der Waals surface area (Å²) in [7, 11) is 0. The van der Waals surface area contributed by atoms with E-state index in [-0.39, 0.29) is 16.8 Å². The maximum Gasteiger partial charge on any atom is 0.274 e. The summed E-state index contributed by atoms with van der Waals surface area (Å²) >= 11 is 0. The molecule has 6 heteroatoms. The average Bonchev–Trinajstić information content (AvgIpc) is 2.73. The van der Waals surface area contributed by atoms with E-state index in [0.29, 0.717) is 16.9 Å². The Morgan fingerprint density at radius 2 is 1.50 bits per heavy atom. The molecule has 2 amide bonds. The van der Waals surface area contributed by atoms with Gasteiger partial charge in [-0.1, -0.05) is 51.1 Å². The molecule has 2 aromatic carbocycles. The van der Waals surface area contributed by atoms with Gasteiger partial charge in [0.25, 0.3) is 11.8 Å². The number of hydrogen-bond donors (Lipinski definition) is 2. The third-order valence-corrected chi connectivity index (χ3v) is 4.45. The Labute approximate surface area is 175 Å². The second-order valence-electron chi connectivity index (χ2n) is 7.80. The zero-order valence-electron chi connectivity index (χ0n) is 17.1. The summed E-state index contributed by atoms with van der Waals surface area (Å²) in [5, 5.41) is 14.6. The molecule has 0 radical (unpaired) electrons. The molecule has 3 aromatic rings. The Morgan fingerprint density at radius 1 is 0.867 bits per heavy atom. The molecular formula is C24H22N4O2. The molecule has 1 heterocycles. The van der Waals surface area contributed by atoms with Gasteiger partial charge in [0.2, 0.25) is 0 Å². The molecule has 0 bridgehead atoms. The Balaban J connectivity index is 1.79. The van der Waals surface area contributed by atoms with Gasteiger partial charge in [-0.3, -0.25) is 9.59 Å². The summed E-state index contributed by atoms with van der Waals surface area (Å²) in [6.45, 7) is 6.22. The number of benzene rings is 2. The number of nitrogens with one attached hydrogen (secondary N) is 2. The van der Waals surface area contributed by atoms with Crippen LogP contribution in [0.4, 0.5) is 11.4 Å². The summed E-state index contributed by atoms with van der Waals surface area (Å²) in [5.74, 6) is -0.859. The number of amides is 2. The number of para-hydroxylation sites is 1. The van der Waals surface area contributed by atoms with Crippen LogP contribution in [0.2, 0.25) is 0 Å². The van der Waals surface area contributed by atoms with Crippen LogP contribution in [0.25, 0.3) is 0 Å². The molecule has 3 rings (SSSR count). The molecule has 0 aliphatic carbocycles. The molecule has 0 spiro atoms. The predicted octanol–water partition coefficient (Wildman–Crippen LogP) is 4.76. The van der Waals surface area contributed by atoms with Crippen LogP contribution in [0.3, 0.4) is 0 Å². The van der Waals surface area contributed by atoms with Crippen LogP contribution in [0.15, 0.2) is 66.7 Å². The van der Waals surface area contributed by atoms with Crippen LogP contribution < -0.4 is 10.6 Å². The molecule has 0 fully saturated rings. The van der Waals surface area contributed by atoms with E-state index in [0.717, 1.165) is 5.56 Å². The molecule has 1 aromatic heterocycles. The molecule has 0 atom stereocenters. The van der Waals surface area contributed by atoms with Crippen molar-refractivity contribution in [2.75, 3.05) is 10.6 Å². The van der Waals surface area contributed by atoms with Gasteiger partial charge in [-0.05, 0) is 47.4 Å². The number of nitrogens with zero attached hydrogens (tertiary/aromatic N) is 2. The van der Waals surface area contributed by atoms with Crippen LogP contribution in [0, 0.1) is 11.3 Å². The minimum atomic E-state index is -0.463. The molecule has 2 N–H and O–H groups in total. The Morgan fingerprint density at radius 3 is 2.17 bits per heavy atom. The van der Waals surface area contributed by atoms with E-state index in [4.69, 9.17) is 5.26 Å². The van der Waals surface area contributed by atoms with Crippen molar-refractivity contribution < 1.29 is 9.59 Å². The van der Waals surface area contributed by atoms with E-state index >= 15 is 0 Å². The SMILES string of the molecule is CC(C)(C)c1ccccc1NC(=O)c1cccc(C(=O)Nc2cccc(C#N)c2)n1. The number of carbonyl (C=O) groups is 2. The number of pyridine rings is 1. The first kappa shape index (κ1) is 20.7. The first-order valence-corrected chi connectivity index (χ1v) is 9.47. The smallest absolute Gasteiger partial charge is 0.274 e. The number of carbonyl (C=O) groups excluding carboxylic acids is 2. The van der Waals surface area contributed by atoms with Crippen molar-refractivity contribution in [1.82, 2.24) is 4.98 Å². The summed E-state index contributed by atoms with van der Waals surface area (Å²) in [4.78, 5) is 29.5. The molecule has 6 nitrogen and oxygen atoms in total. The Kier molecular flexibility index (Phi) is 5.93. The van der Waals surface area contributed by atoms with E-state index in [2.05, 4.69) is 36.4 Å². The lowest BCUT2D eigenvalue weighted by atomic mass is 9.86. The highest BCUT2D eigenvalue weighted by molar-refractivity contribution is 6.06. The second kappa shape index (κ2) is 8.58. The fraction of sp³-hybridized carbons (Fsp3) is 0.167. The van der Waals surface area contributed by atoms with Crippen molar-refractivity contribution in [1.29, 1.82) is 5.26 Å². The maximum absolute atomic E-state index is 12.8.